The van der Waals surface area contributed by atoms with Gasteiger partial charge in [0.05, 0.1) is 5.75 Å². The van der Waals surface area contributed by atoms with Crippen LogP contribution < -0.4 is 5.32 Å². The predicted octanol–water partition coefficient (Wildman–Crippen LogP) is 3.12. The summed E-state index contributed by atoms with van der Waals surface area (Å²) in [6, 6.07) is 5.90. The maximum Gasteiger partial charge on any atom is 0.147 e. The highest BCUT2D eigenvalue weighted by molar-refractivity contribution is 7.90. The fourth-order valence-electron chi connectivity index (χ4n) is 2.00. The fraction of sp³-hybridized carbons (Fsp3) is 0.571. The first-order chi connectivity index (χ1) is 8.81. The van der Waals surface area contributed by atoms with Crippen molar-refractivity contribution in [3.05, 3.63) is 34.3 Å². The predicted molar refractivity (Wildman–Crippen MR) is 81.6 cm³/mol. The molecule has 0 saturated carbocycles. The van der Waals surface area contributed by atoms with Crippen LogP contribution in [0.5, 0.6) is 0 Å². The van der Waals surface area contributed by atoms with E-state index in [1.807, 2.05) is 19.1 Å². The van der Waals surface area contributed by atoms with E-state index >= 15 is 0 Å². The number of rotatable bonds is 7. The van der Waals surface area contributed by atoms with E-state index < -0.39 is 9.84 Å². The summed E-state index contributed by atoms with van der Waals surface area (Å²) in [5.41, 5.74) is 2.15. The van der Waals surface area contributed by atoms with E-state index in [1.165, 1.54) is 6.26 Å². The third-order valence-corrected chi connectivity index (χ3v) is 4.08. The van der Waals surface area contributed by atoms with Crippen LogP contribution in [0.15, 0.2) is 18.2 Å². The Labute approximate surface area is 121 Å². The Morgan fingerprint density at radius 2 is 2.00 bits per heavy atom. The fourth-order valence-corrected chi connectivity index (χ4v) is 2.96. The van der Waals surface area contributed by atoms with Crippen LogP contribution >= 0.6 is 11.6 Å². The molecule has 3 nitrogen and oxygen atoms in total. The second-order valence-electron chi connectivity index (χ2n) is 4.99. The summed E-state index contributed by atoms with van der Waals surface area (Å²) in [5.74, 6) is 0.180. The van der Waals surface area contributed by atoms with Crippen LogP contribution in [-0.2, 0) is 9.84 Å². The highest BCUT2D eigenvalue weighted by Crippen LogP contribution is 2.23. The zero-order chi connectivity index (χ0) is 14.5. The van der Waals surface area contributed by atoms with Gasteiger partial charge in [0.2, 0.25) is 0 Å². The molecular formula is C14H22ClNO2S. The zero-order valence-electron chi connectivity index (χ0n) is 11.7. The summed E-state index contributed by atoms with van der Waals surface area (Å²) in [6.07, 6.45) is 2.85. The van der Waals surface area contributed by atoms with Crippen molar-refractivity contribution in [2.75, 3.05) is 18.6 Å². The number of aryl methyl sites for hydroxylation is 1. The molecule has 0 bridgehead atoms. The van der Waals surface area contributed by atoms with E-state index in [9.17, 15) is 8.42 Å². The first-order valence-corrected chi connectivity index (χ1v) is 8.94. The van der Waals surface area contributed by atoms with E-state index in [2.05, 4.69) is 18.3 Å². The lowest BCUT2D eigenvalue weighted by Crippen LogP contribution is -2.24. The maximum atomic E-state index is 11.3. The highest BCUT2D eigenvalue weighted by atomic mass is 35.5. The Morgan fingerprint density at radius 1 is 1.32 bits per heavy atom. The Bertz CT molecular complexity index is 494. The molecule has 0 saturated heterocycles. The first-order valence-electron chi connectivity index (χ1n) is 6.50. The molecule has 1 N–H and O–H groups in total. The van der Waals surface area contributed by atoms with Crippen LogP contribution in [0.4, 0.5) is 0 Å². The van der Waals surface area contributed by atoms with Crippen molar-refractivity contribution in [1.29, 1.82) is 0 Å². The van der Waals surface area contributed by atoms with Crippen LogP contribution in [0.3, 0.4) is 0 Å². The number of sulfone groups is 1. The molecule has 0 aliphatic heterocycles. The molecule has 108 valence electrons. The van der Waals surface area contributed by atoms with E-state index in [0.717, 1.165) is 24.1 Å². The van der Waals surface area contributed by atoms with Gasteiger partial charge in [-0.25, -0.2) is 8.42 Å². The molecule has 0 heterocycles. The number of hydrogen-bond acceptors (Lipinski definition) is 3. The highest BCUT2D eigenvalue weighted by Gasteiger charge is 2.14. The van der Waals surface area contributed by atoms with Gasteiger partial charge in [0.15, 0.2) is 0 Å². The molecule has 0 aliphatic carbocycles. The maximum absolute atomic E-state index is 11.3. The third-order valence-electron chi connectivity index (χ3n) is 2.88. The second kappa shape index (κ2) is 7.27. The summed E-state index contributed by atoms with van der Waals surface area (Å²) < 4.78 is 22.6. The molecule has 0 fully saturated rings. The number of benzene rings is 1. The Balaban J connectivity index is 2.88. The van der Waals surface area contributed by atoms with E-state index in [0.29, 0.717) is 11.4 Å². The molecule has 1 aromatic carbocycles. The molecule has 0 spiro atoms. The van der Waals surface area contributed by atoms with Crippen molar-refractivity contribution >= 4 is 21.4 Å². The minimum absolute atomic E-state index is 0.0343. The molecule has 1 unspecified atom stereocenters. The van der Waals surface area contributed by atoms with Crippen molar-refractivity contribution in [3.8, 4) is 0 Å². The largest absolute Gasteiger partial charge is 0.310 e. The van der Waals surface area contributed by atoms with E-state index in [1.54, 1.807) is 0 Å². The van der Waals surface area contributed by atoms with Gasteiger partial charge in [-0.05, 0) is 49.6 Å². The van der Waals surface area contributed by atoms with Gasteiger partial charge in [0.25, 0.3) is 0 Å². The summed E-state index contributed by atoms with van der Waals surface area (Å²) >= 11 is 6.07. The van der Waals surface area contributed by atoms with Gasteiger partial charge in [-0.1, -0.05) is 24.6 Å². The van der Waals surface area contributed by atoms with Gasteiger partial charge >= 0.3 is 0 Å². The number of hydrogen-bond donors (Lipinski definition) is 1. The smallest absolute Gasteiger partial charge is 0.147 e. The average molecular weight is 304 g/mol. The summed E-state index contributed by atoms with van der Waals surface area (Å²) in [5, 5.41) is 4.08. The van der Waals surface area contributed by atoms with Crippen molar-refractivity contribution in [2.24, 2.45) is 0 Å². The number of nitrogens with one attached hydrogen (secondary N) is 1. The van der Waals surface area contributed by atoms with Gasteiger partial charge < -0.3 is 5.32 Å². The summed E-state index contributed by atoms with van der Waals surface area (Å²) in [7, 11) is -2.95. The Morgan fingerprint density at radius 3 is 2.53 bits per heavy atom. The lowest BCUT2D eigenvalue weighted by molar-refractivity contribution is 0.513. The standard InChI is InChI=1S/C14H22ClNO2S/c1-4-6-16-14(5-7-19(3,17)18)12-8-11(2)9-13(15)10-12/h8-10,14,16H,4-7H2,1-3H3. The monoisotopic (exact) mass is 303 g/mol. The van der Waals surface area contributed by atoms with Gasteiger partial charge in [-0.3, -0.25) is 0 Å². The zero-order valence-corrected chi connectivity index (χ0v) is 13.3. The lowest BCUT2D eigenvalue weighted by Gasteiger charge is -2.19. The molecule has 1 aromatic rings. The molecule has 1 atom stereocenters. The van der Waals surface area contributed by atoms with Gasteiger partial charge in [-0.15, -0.1) is 0 Å². The van der Waals surface area contributed by atoms with Gasteiger partial charge in [-0.2, -0.15) is 0 Å². The van der Waals surface area contributed by atoms with Crippen molar-refractivity contribution < 1.29 is 8.42 Å². The van der Waals surface area contributed by atoms with Crippen molar-refractivity contribution in [3.63, 3.8) is 0 Å². The SMILES string of the molecule is CCCNC(CCS(C)(=O)=O)c1cc(C)cc(Cl)c1. The quantitative estimate of drug-likeness (QED) is 0.842. The van der Waals surface area contributed by atoms with Crippen molar-refractivity contribution in [1.82, 2.24) is 5.32 Å². The molecule has 0 amide bonds. The van der Waals surface area contributed by atoms with Crippen LogP contribution in [0.25, 0.3) is 0 Å². The van der Waals surface area contributed by atoms with E-state index in [-0.39, 0.29) is 11.8 Å². The third kappa shape index (κ3) is 6.41. The Kier molecular flexibility index (Phi) is 6.30. The number of halogens is 1. The summed E-state index contributed by atoms with van der Waals surface area (Å²) in [4.78, 5) is 0. The minimum Gasteiger partial charge on any atom is -0.310 e. The molecule has 0 radical (unpaired) electrons. The molecular weight excluding hydrogens is 282 g/mol. The topological polar surface area (TPSA) is 46.2 Å². The van der Waals surface area contributed by atoms with Gasteiger partial charge in [0.1, 0.15) is 9.84 Å². The molecule has 5 heteroatoms. The first kappa shape index (κ1) is 16.5. The second-order valence-corrected chi connectivity index (χ2v) is 7.68. The lowest BCUT2D eigenvalue weighted by atomic mass is 10.0. The average Bonchev–Trinajstić information content (AvgIpc) is 2.26. The Hall–Kier alpha value is -0.580. The van der Waals surface area contributed by atoms with Crippen LogP contribution in [-0.4, -0.2) is 27.0 Å². The van der Waals surface area contributed by atoms with Crippen LogP contribution in [0.1, 0.15) is 36.9 Å². The van der Waals surface area contributed by atoms with Crippen LogP contribution in [0.2, 0.25) is 5.02 Å². The molecule has 0 aromatic heterocycles. The van der Waals surface area contributed by atoms with Gasteiger partial charge in [0, 0.05) is 17.3 Å². The molecule has 19 heavy (non-hydrogen) atoms. The molecule has 1 rings (SSSR count). The van der Waals surface area contributed by atoms with E-state index in [4.69, 9.17) is 11.6 Å². The van der Waals surface area contributed by atoms with Crippen molar-refractivity contribution in [2.45, 2.75) is 32.7 Å². The molecule has 0 aliphatic rings. The van der Waals surface area contributed by atoms with Crippen LogP contribution in [0, 0.1) is 6.92 Å². The summed E-state index contributed by atoms with van der Waals surface area (Å²) in [6.45, 7) is 4.94. The normalized spacial score (nSPS) is 13.5. The minimum atomic E-state index is -2.95.